The van der Waals surface area contributed by atoms with Crippen molar-refractivity contribution >= 4 is 29.5 Å². The number of nitrogens with zero attached hydrogens (tertiary/aromatic N) is 1. The van der Waals surface area contributed by atoms with Gasteiger partial charge in [0.15, 0.2) is 0 Å². The maximum absolute atomic E-state index is 12.9. The molecule has 1 unspecified atom stereocenters. The molecule has 3 rings (SSSR count). The average molecular weight is 397 g/mol. The number of imide groups is 1. The van der Waals surface area contributed by atoms with Gasteiger partial charge in [-0.3, -0.25) is 14.5 Å². The van der Waals surface area contributed by atoms with Gasteiger partial charge >= 0.3 is 5.97 Å². The van der Waals surface area contributed by atoms with Crippen molar-refractivity contribution in [2.75, 3.05) is 12.0 Å². The molecule has 1 heterocycles. The lowest BCUT2D eigenvalue weighted by molar-refractivity contribution is -0.149. The van der Waals surface area contributed by atoms with Crippen LogP contribution < -0.4 is 0 Å². The first-order valence-electron chi connectivity index (χ1n) is 9.12. The maximum atomic E-state index is 12.9. The number of carbonyl (C=O) groups excluding carboxylic acids is 3. The number of benzene rings is 2. The number of amides is 2. The van der Waals surface area contributed by atoms with Gasteiger partial charge in [0.2, 0.25) is 0 Å². The van der Waals surface area contributed by atoms with Crippen molar-refractivity contribution in [3.63, 3.8) is 0 Å². The fourth-order valence-electron chi connectivity index (χ4n) is 3.27. The molecule has 146 valence electrons. The van der Waals surface area contributed by atoms with Gasteiger partial charge in [-0.05, 0) is 55.5 Å². The molecule has 2 aromatic carbocycles. The van der Waals surface area contributed by atoms with Crippen LogP contribution in [-0.4, -0.2) is 40.7 Å². The molecule has 0 aliphatic carbocycles. The number of hydrogen-bond acceptors (Lipinski definition) is 5. The number of esters is 1. The summed E-state index contributed by atoms with van der Waals surface area (Å²) < 4.78 is 5.54. The van der Waals surface area contributed by atoms with Crippen molar-refractivity contribution in [2.45, 2.75) is 32.9 Å². The zero-order chi connectivity index (χ0) is 20.3. The zero-order valence-corrected chi connectivity index (χ0v) is 17.0. The van der Waals surface area contributed by atoms with E-state index in [0.717, 1.165) is 21.6 Å². The van der Waals surface area contributed by atoms with E-state index in [-0.39, 0.29) is 6.61 Å². The molecule has 0 spiro atoms. The van der Waals surface area contributed by atoms with E-state index in [1.807, 2.05) is 38.3 Å². The Kier molecular flexibility index (Phi) is 6.19. The van der Waals surface area contributed by atoms with Crippen LogP contribution in [0.15, 0.2) is 42.5 Å². The summed E-state index contributed by atoms with van der Waals surface area (Å²) in [5.74, 6) is -0.786. The summed E-state index contributed by atoms with van der Waals surface area (Å²) >= 11 is 1.55. The van der Waals surface area contributed by atoms with E-state index in [2.05, 4.69) is 0 Å². The van der Waals surface area contributed by atoms with Gasteiger partial charge in [0.05, 0.1) is 11.1 Å². The Labute approximate surface area is 169 Å². The Morgan fingerprint density at radius 2 is 1.71 bits per heavy atom. The van der Waals surface area contributed by atoms with Crippen LogP contribution in [0.3, 0.4) is 0 Å². The number of fused-ring (bicyclic) bond motifs is 1. The second kappa shape index (κ2) is 8.61. The summed E-state index contributed by atoms with van der Waals surface area (Å²) in [6.07, 6.45) is 2.28. The first-order valence-corrected chi connectivity index (χ1v) is 10.5. The molecule has 1 aliphatic heterocycles. The lowest BCUT2D eigenvalue weighted by atomic mass is 10.1. The highest BCUT2D eigenvalue weighted by Gasteiger charge is 2.43. The van der Waals surface area contributed by atoms with Crippen LogP contribution in [0.2, 0.25) is 0 Å². The predicted octanol–water partition coefficient (Wildman–Crippen LogP) is 3.76. The zero-order valence-electron chi connectivity index (χ0n) is 16.2. The molecule has 2 amide bonds. The van der Waals surface area contributed by atoms with Crippen molar-refractivity contribution < 1.29 is 19.1 Å². The highest BCUT2D eigenvalue weighted by Crippen LogP contribution is 2.27. The van der Waals surface area contributed by atoms with E-state index in [0.29, 0.717) is 23.3 Å². The van der Waals surface area contributed by atoms with Gasteiger partial charge in [-0.25, -0.2) is 4.79 Å². The summed E-state index contributed by atoms with van der Waals surface area (Å²) in [5.41, 5.74) is 3.70. The van der Waals surface area contributed by atoms with Crippen molar-refractivity contribution in [2.24, 2.45) is 0 Å². The third kappa shape index (κ3) is 3.97. The van der Waals surface area contributed by atoms with Crippen LogP contribution in [0.1, 0.15) is 43.8 Å². The number of ether oxygens (including phenoxy) is 1. The van der Waals surface area contributed by atoms with Gasteiger partial charge in [0, 0.05) is 0 Å². The first kappa shape index (κ1) is 20.1. The van der Waals surface area contributed by atoms with E-state index in [1.54, 1.807) is 36.0 Å². The highest BCUT2D eigenvalue weighted by molar-refractivity contribution is 7.98. The first-order chi connectivity index (χ1) is 13.4. The molecular weight excluding hydrogens is 374 g/mol. The second-order valence-electron chi connectivity index (χ2n) is 6.86. The van der Waals surface area contributed by atoms with Crippen LogP contribution >= 0.6 is 11.8 Å². The van der Waals surface area contributed by atoms with E-state index >= 15 is 0 Å². The number of aryl methyl sites for hydroxylation is 2. The molecule has 6 heteroatoms. The molecule has 0 fully saturated rings. The normalized spacial score (nSPS) is 14.2. The molecule has 1 aliphatic rings. The van der Waals surface area contributed by atoms with Gasteiger partial charge in [-0.2, -0.15) is 11.8 Å². The van der Waals surface area contributed by atoms with Crippen LogP contribution in [0, 0.1) is 13.8 Å². The second-order valence-corrected chi connectivity index (χ2v) is 7.85. The van der Waals surface area contributed by atoms with E-state index in [9.17, 15) is 14.4 Å². The molecule has 0 N–H and O–H groups in total. The lowest BCUT2D eigenvalue weighted by Crippen LogP contribution is -2.46. The Morgan fingerprint density at radius 3 is 2.32 bits per heavy atom. The predicted molar refractivity (Wildman–Crippen MR) is 109 cm³/mol. The Balaban J connectivity index is 1.80. The highest BCUT2D eigenvalue weighted by atomic mass is 32.2. The molecule has 0 aromatic heterocycles. The molecule has 5 nitrogen and oxygen atoms in total. The number of hydrogen-bond donors (Lipinski definition) is 0. The van der Waals surface area contributed by atoms with Crippen LogP contribution in [0.25, 0.3) is 0 Å². The van der Waals surface area contributed by atoms with E-state index in [1.165, 1.54) is 0 Å². The standard InChI is InChI=1S/C22H23NO4S/c1-14-8-9-15(2)16(12-14)13-27-22(26)19(10-11-28-3)23-20(24)17-6-4-5-7-18(17)21(23)25/h4-9,12,19H,10-11,13H2,1-3H3. The average Bonchev–Trinajstić information content (AvgIpc) is 2.94. The van der Waals surface area contributed by atoms with Gasteiger partial charge in [0.1, 0.15) is 12.6 Å². The SMILES string of the molecule is CSCCC(C(=O)OCc1cc(C)ccc1C)N1C(=O)c2ccccc2C1=O. The number of thioether (sulfide) groups is 1. The maximum Gasteiger partial charge on any atom is 0.329 e. The molecular formula is C22H23NO4S. The van der Waals surface area contributed by atoms with Crippen molar-refractivity contribution in [1.29, 1.82) is 0 Å². The third-order valence-electron chi connectivity index (χ3n) is 4.88. The van der Waals surface area contributed by atoms with Crippen LogP contribution in [0.4, 0.5) is 0 Å². The summed E-state index contributed by atoms with van der Waals surface area (Å²) in [7, 11) is 0. The molecule has 0 saturated carbocycles. The van der Waals surface area contributed by atoms with Gasteiger partial charge in [-0.15, -0.1) is 0 Å². The molecule has 1 atom stereocenters. The monoisotopic (exact) mass is 397 g/mol. The van der Waals surface area contributed by atoms with E-state index in [4.69, 9.17) is 4.74 Å². The molecule has 0 radical (unpaired) electrons. The minimum Gasteiger partial charge on any atom is -0.459 e. The number of carbonyl (C=O) groups is 3. The summed E-state index contributed by atoms with van der Waals surface area (Å²) in [5, 5.41) is 0. The summed E-state index contributed by atoms with van der Waals surface area (Å²) in [6, 6.07) is 11.7. The molecule has 0 saturated heterocycles. The minimum absolute atomic E-state index is 0.116. The summed E-state index contributed by atoms with van der Waals surface area (Å²) in [6.45, 7) is 4.05. The lowest BCUT2D eigenvalue weighted by Gasteiger charge is -2.24. The minimum atomic E-state index is -0.926. The summed E-state index contributed by atoms with van der Waals surface area (Å²) in [4.78, 5) is 39.5. The van der Waals surface area contributed by atoms with Gasteiger partial charge in [0.25, 0.3) is 11.8 Å². The fraction of sp³-hybridized carbons (Fsp3) is 0.318. The topological polar surface area (TPSA) is 63.7 Å². The van der Waals surface area contributed by atoms with Crippen LogP contribution in [0.5, 0.6) is 0 Å². The molecule has 2 aromatic rings. The van der Waals surface area contributed by atoms with Gasteiger partial charge in [-0.1, -0.05) is 35.9 Å². The van der Waals surface area contributed by atoms with Crippen molar-refractivity contribution in [3.8, 4) is 0 Å². The smallest absolute Gasteiger partial charge is 0.329 e. The molecule has 0 bridgehead atoms. The largest absolute Gasteiger partial charge is 0.459 e. The number of rotatable bonds is 7. The Morgan fingerprint density at radius 1 is 1.07 bits per heavy atom. The third-order valence-corrected chi connectivity index (χ3v) is 5.52. The molecule has 28 heavy (non-hydrogen) atoms. The Hall–Kier alpha value is -2.60. The van der Waals surface area contributed by atoms with Crippen LogP contribution in [-0.2, 0) is 16.1 Å². The van der Waals surface area contributed by atoms with Gasteiger partial charge < -0.3 is 4.74 Å². The van der Waals surface area contributed by atoms with Crippen molar-refractivity contribution in [3.05, 3.63) is 70.3 Å². The Bertz CT molecular complexity index is 890. The fourth-order valence-corrected chi connectivity index (χ4v) is 3.73. The van der Waals surface area contributed by atoms with E-state index < -0.39 is 23.8 Å². The van der Waals surface area contributed by atoms with Crippen molar-refractivity contribution in [1.82, 2.24) is 4.90 Å². The quantitative estimate of drug-likeness (QED) is 0.526.